The molecule has 2 aliphatic rings. The van der Waals surface area contributed by atoms with Crippen LogP contribution >= 0.6 is 0 Å². The van der Waals surface area contributed by atoms with E-state index in [4.69, 9.17) is 5.26 Å². The molecule has 172 valence electrons. The molecule has 0 N–H and O–H groups in total. The molecule has 2 aromatic rings. The topological polar surface area (TPSA) is 27.0 Å². The van der Waals surface area contributed by atoms with Crippen molar-refractivity contribution >= 4 is 0 Å². The first-order chi connectivity index (χ1) is 15.3. The van der Waals surface area contributed by atoms with Gasteiger partial charge in [-0.1, -0.05) is 55.5 Å². The summed E-state index contributed by atoms with van der Waals surface area (Å²) >= 11 is 0. The van der Waals surface area contributed by atoms with Gasteiger partial charge in [0.2, 0.25) is 0 Å². The van der Waals surface area contributed by atoms with Crippen LogP contribution in [0.15, 0.2) is 48.5 Å². The highest BCUT2D eigenvalue weighted by Crippen LogP contribution is 2.58. The highest BCUT2D eigenvalue weighted by molar-refractivity contribution is 5.44. The van der Waals surface area contributed by atoms with Gasteiger partial charge < -0.3 is 4.90 Å². The molecule has 2 saturated carbocycles. The van der Waals surface area contributed by atoms with Crippen molar-refractivity contribution in [3.8, 4) is 6.07 Å². The third-order valence-corrected chi connectivity index (χ3v) is 6.84. The lowest BCUT2D eigenvalue weighted by molar-refractivity contribution is 0.212. The number of rotatable bonds is 10. The summed E-state index contributed by atoms with van der Waals surface area (Å²) in [6, 6.07) is 18.7. The first-order valence-corrected chi connectivity index (χ1v) is 12.0. The van der Waals surface area contributed by atoms with E-state index >= 15 is 0 Å². The highest BCUT2D eigenvalue weighted by Gasteiger charge is 2.53. The Morgan fingerprint density at radius 1 is 0.938 bits per heavy atom. The minimum atomic E-state index is -1.27. The number of hydrogen-bond donors (Lipinski definition) is 0. The Balaban J connectivity index is 0.000000913. The van der Waals surface area contributed by atoms with Gasteiger partial charge in [0.1, 0.15) is 11.3 Å². The molecule has 0 amide bonds. The van der Waals surface area contributed by atoms with E-state index in [1.807, 2.05) is 18.2 Å². The fraction of sp³-hybridized carbons (Fsp3) is 0.536. The molecule has 0 bridgehead atoms. The predicted molar refractivity (Wildman–Crippen MR) is 127 cm³/mol. The van der Waals surface area contributed by atoms with Crippen molar-refractivity contribution in [3.63, 3.8) is 0 Å². The Hall–Kier alpha value is -2.25. The summed E-state index contributed by atoms with van der Waals surface area (Å²) in [5, 5.41) is 7.32. The summed E-state index contributed by atoms with van der Waals surface area (Å²) in [5.41, 5.74) is 1.23. The van der Waals surface area contributed by atoms with Gasteiger partial charge in [0.05, 0.1) is 6.07 Å². The quantitative estimate of drug-likeness (QED) is 0.398. The first-order valence-electron chi connectivity index (χ1n) is 12.0. The molecule has 0 saturated heterocycles. The maximum Gasteiger partial charge on any atom is 0.136 e. The van der Waals surface area contributed by atoms with E-state index in [0.717, 1.165) is 37.9 Å². The molecule has 4 rings (SSSR count). The molecule has 1 unspecified atom stereocenters. The van der Waals surface area contributed by atoms with Crippen molar-refractivity contribution in [1.82, 2.24) is 4.90 Å². The third kappa shape index (κ3) is 6.17. The van der Waals surface area contributed by atoms with Crippen molar-refractivity contribution in [2.24, 2.45) is 0 Å². The van der Waals surface area contributed by atoms with Gasteiger partial charge in [-0.3, -0.25) is 0 Å². The Morgan fingerprint density at radius 2 is 1.53 bits per heavy atom. The van der Waals surface area contributed by atoms with Crippen LogP contribution in [-0.2, 0) is 24.2 Å². The summed E-state index contributed by atoms with van der Waals surface area (Å²) in [4.78, 5) is 2.51. The number of nitrogens with zero attached hydrogens (tertiary/aromatic N) is 2. The van der Waals surface area contributed by atoms with E-state index in [0.29, 0.717) is 42.9 Å². The Morgan fingerprint density at radius 3 is 2.09 bits per heavy atom. The van der Waals surface area contributed by atoms with E-state index in [1.165, 1.54) is 12.5 Å². The fourth-order valence-electron chi connectivity index (χ4n) is 4.43. The van der Waals surface area contributed by atoms with Crippen molar-refractivity contribution in [3.05, 3.63) is 70.8 Å². The average molecular weight is 439 g/mol. The molecule has 2 nitrogen and oxygen atoms in total. The summed E-state index contributed by atoms with van der Waals surface area (Å²) in [5.74, 6) is 0. The van der Waals surface area contributed by atoms with E-state index < -0.39 is 11.3 Å². The van der Waals surface area contributed by atoms with Gasteiger partial charge in [0, 0.05) is 19.5 Å². The first kappa shape index (κ1) is 24.4. The van der Waals surface area contributed by atoms with Gasteiger partial charge in [-0.15, -0.1) is 0 Å². The highest BCUT2D eigenvalue weighted by atomic mass is 19.1. The molecular formula is C28H36F2N2. The molecule has 32 heavy (non-hydrogen) atoms. The number of nitriles is 1. The van der Waals surface area contributed by atoms with Crippen LogP contribution in [0.3, 0.4) is 0 Å². The summed E-state index contributed by atoms with van der Waals surface area (Å²) in [6.07, 6.45) is 5.16. The van der Waals surface area contributed by atoms with E-state index in [9.17, 15) is 8.78 Å². The number of halogens is 2. The zero-order valence-corrected chi connectivity index (χ0v) is 19.7. The second-order valence-corrected chi connectivity index (χ2v) is 9.29. The van der Waals surface area contributed by atoms with Gasteiger partial charge in [-0.2, -0.15) is 5.26 Å². The van der Waals surface area contributed by atoms with E-state index in [-0.39, 0.29) is 0 Å². The molecule has 0 heterocycles. The lowest BCUT2D eigenvalue weighted by Crippen LogP contribution is -2.35. The maximum atomic E-state index is 14.9. The van der Waals surface area contributed by atoms with Gasteiger partial charge in [-0.25, -0.2) is 8.78 Å². The fourth-order valence-corrected chi connectivity index (χ4v) is 4.43. The molecule has 0 aromatic heterocycles. The van der Waals surface area contributed by atoms with Gasteiger partial charge >= 0.3 is 0 Å². The average Bonchev–Trinajstić information content (AvgIpc) is 3.73. The van der Waals surface area contributed by atoms with Crippen LogP contribution in [0.4, 0.5) is 8.78 Å². The summed E-state index contributed by atoms with van der Waals surface area (Å²) in [6.45, 7) is 7.99. The Bertz CT molecular complexity index is 911. The zero-order chi connectivity index (χ0) is 23.2. The SMILES string of the molecule is CC#N.CCN(CCc1ccccc1)C(C)CCc1ccc(C2(F)CC2)c(C2(F)CC2)c1. The van der Waals surface area contributed by atoms with Crippen molar-refractivity contribution in [2.75, 3.05) is 13.1 Å². The molecule has 0 radical (unpaired) electrons. The normalized spacial score (nSPS) is 18.3. The number of benzene rings is 2. The second-order valence-electron chi connectivity index (χ2n) is 9.29. The van der Waals surface area contributed by atoms with Crippen molar-refractivity contribution in [2.45, 2.75) is 83.1 Å². The molecule has 1 atom stereocenters. The molecule has 2 aliphatic carbocycles. The largest absolute Gasteiger partial charge is 0.301 e. The van der Waals surface area contributed by atoms with Crippen LogP contribution in [0, 0.1) is 11.3 Å². The smallest absolute Gasteiger partial charge is 0.136 e. The summed E-state index contributed by atoms with van der Waals surface area (Å²) < 4.78 is 29.6. The van der Waals surface area contributed by atoms with Crippen molar-refractivity contribution in [1.29, 1.82) is 5.26 Å². The number of likely N-dealkylation sites (N-methyl/N-ethyl adjacent to an activating group) is 1. The van der Waals surface area contributed by atoms with Crippen LogP contribution < -0.4 is 0 Å². The van der Waals surface area contributed by atoms with Crippen LogP contribution in [0.1, 0.15) is 75.1 Å². The number of alkyl halides is 2. The number of hydrogen-bond acceptors (Lipinski definition) is 2. The Kier molecular flexibility index (Phi) is 8.06. The second kappa shape index (κ2) is 10.6. The van der Waals surface area contributed by atoms with E-state index in [1.54, 1.807) is 6.07 Å². The van der Waals surface area contributed by atoms with Gasteiger partial charge in [0.15, 0.2) is 0 Å². The monoisotopic (exact) mass is 438 g/mol. The number of aryl methyl sites for hydroxylation is 1. The lowest BCUT2D eigenvalue weighted by Gasteiger charge is -2.28. The molecule has 4 heteroatoms. The van der Waals surface area contributed by atoms with E-state index in [2.05, 4.69) is 49.1 Å². The molecular weight excluding hydrogens is 402 g/mol. The standard InChI is InChI=1S/C26H33F2N.C2H3N/c1-3-29(18-13-21-7-5-4-6-8-21)20(2)9-10-22-11-12-23(25(27)14-15-25)24(19-22)26(28)16-17-26;1-2-3/h4-8,11-12,19-20H,3,9-10,13-18H2,1-2H3;1H3. The summed E-state index contributed by atoms with van der Waals surface area (Å²) in [7, 11) is 0. The minimum absolute atomic E-state index is 0.461. The maximum absolute atomic E-state index is 14.9. The lowest BCUT2D eigenvalue weighted by atomic mass is 9.92. The molecule has 0 spiro atoms. The molecule has 0 aliphatic heterocycles. The van der Waals surface area contributed by atoms with Crippen LogP contribution in [-0.4, -0.2) is 24.0 Å². The zero-order valence-electron chi connectivity index (χ0n) is 19.7. The molecule has 2 fully saturated rings. The predicted octanol–water partition coefficient (Wildman–Crippen LogP) is 7.02. The van der Waals surface area contributed by atoms with Crippen molar-refractivity contribution < 1.29 is 8.78 Å². The Labute approximate surface area is 192 Å². The van der Waals surface area contributed by atoms with Crippen LogP contribution in [0.25, 0.3) is 0 Å². The minimum Gasteiger partial charge on any atom is -0.301 e. The van der Waals surface area contributed by atoms with Crippen LogP contribution in [0.2, 0.25) is 0 Å². The third-order valence-electron chi connectivity index (χ3n) is 6.84. The van der Waals surface area contributed by atoms with Gasteiger partial charge in [-0.05, 0) is 80.7 Å². The molecule has 2 aromatic carbocycles. The van der Waals surface area contributed by atoms with Crippen LogP contribution in [0.5, 0.6) is 0 Å². The van der Waals surface area contributed by atoms with Gasteiger partial charge in [0.25, 0.3) is 0 Å².